The van der Waals surface area contributed by atoms with Crippen LogP contribution in [-0.4, -0.2) is 29.6 Å². The fourth-order valence-electron chi connectivity index (χ4n) is 5.05. The van der Waals surface area contributed by atoms with E-state index in [0.717, 1.165) is 63.7 Å². The minimum absolute atomic E-state index is 0. The van der Waals surface area contributed by atoms with Crippen molar-refractivity contribution in [2.24, 2.45) is 10.9 Å². The van der Waals surface area contributed by atoms with E-state index in [0.29, 0.717) is 11.8 Å². The molecule has 0 bridgehead atoms. The Labute approximate surface area is 184 Å². The lowest BCUT2D eigenvalue weighted by Gasteiger charge is -2.34. The monoisotopic (exact) mass is 406 g/mol. The summed E-state index contributed by atoms with van der Waals surface area (Å²) in [5.74, 6) is 1.15. The van der Waals surface area contributed by atoms with Gasteiger partial charge >= 0.3 is 0 Å². The zero-order valence-corrected chi connectivity index (χ0v) is 18.4. The second kappa shape index (κ2) is 9.59. The van der Waals surface area contributed by atoms with Gasteiger partial charge in [0.1, 0.15) is 0 Å². The first-order valence-corrected chi connectivity index (χ1v) is 11.7. The zero-order valence-electron chi connectivity index (χ0n) is 18.4. The smallest absolute Gasteiger partial charge is 0.225 e. The number of benzene rings is 2. The number of para-hydroxylation sites is 1. The molecule has 162 valence electrons. The van der Waals surface area contributed by atoms with Crippen molar-refractivity contribution in [2.45, 2.75) is 64.7 Å². The molecule has 2 aliphatic heterocycles. The predicted molar refractivity (Wildman–Crippen MR) is 129 cm³/mol. The maximum atomic E-state index is 13.0. The van der Waals surface area contributed by atoms with E-state index in [-0.39, 0.29) is 8.77 Å². The van der Waals surface area contributed by atoms with Crippen molar-refractivity contribution in [1.82, 2.24) is 4.90 Å². The lowest BCUT2D eigenvalue weighted by atomic mass is 9.87. The number of likely N-dealkylation sites (tertiary alicyclic amines) is 1. The van der Waals surface area contributed by atoms with Gasteiger partial charge in [0.15, 0.2) is 0 Å². The van der Waals surface area contributed by atoms with Crippen molar-refractivity contribution >= 4 is 17.3 Å². The van der Waals surface area contributed by atoms with Crippen molar-refractivity contribution < 1.29 is 7.65 Å². The van der Waals surface area contributed by atoms with Crippen molar-refractivity contribution in [3.63, 3.8) is 0 Å². The van der Waals surface area contributed by atoms with Gasteiger partial charge in [-0.3, -0.25) is 9.79 Å². The third-order valence-electron chi connectivity index (χ3n) is 6.73. The molecule has 0 saturated carbocycles. The van der Waals surface area contributed by atoms with E-state index in [4.69, 9.17) is 4.99 Å². The Morgan fingerprint density at radius 3 is 2.50 bits per heavy atom. The van der Waals surface area contributed by atoms with Gasteiger partial charge in [0, 0.05) is 28.3 Å². The van der Waals surface area contributed by atoms with Gasteiger partial charge in [-0.05, 0) is 60.4 Å². The number of rotatable bonds is 7. The molecule has 1 saturated heterocycles. The van der Waals surface area contributed by atoms with Crippen molar-refractivity contribution in [3.05, 3.63) is 65.2 Å². The zero-order chi connectivity index (χ0) is 20.9. The fourth-order valence-corrected chi connectivity index (χ4v) is 5.05. The van der Waals surface area contributed by atoms with E-state index in [9.17, 15) is 4.79 Å². The molecule has 0 aliphatic carbocycles. The fraction of sp³-hybridized carbons (Fsp3) is 0.481. The first-order chi connectivity index (χ1) is 14.7. The van der Waals surface area contributed by atoms with Crippen molar-refractivity contribution in [3.8, 4) is 0 Å². The van der Waals surface area contributed by atoms with Crippen LogP contribution in [0.4, 0.5) is 5.69 Å². The normalized spacial score (nSPS) is 16.6. The Bertz CT molecular complexity index is 913. The maximum absolute atomic E-state index is 13.0. The van der Waals surface area contributed by atoms with Gasteiger partial charge in [0.05, 0.1) is 11.4 Å². The second-order valence-electron chi connectivity index (χ2n) is 8.86. The van der Waals surface area contributed by atoms with E-state index in [1.165, 1.54) is 22.4 Å². The summed E-state index contributed by atoms with van der Waals surface area (Å²) in [6, 6.07) is 17.4. The van der Waals surface area contributed by atoms with Crippen molar-refractivity contribution in [2.75, 3.05) is 13.1 Å². The summed E-state index contributed by atoms with van der Waals surface area (Å²) < 4.78 is 0. The van der Waals surface area contributed by atoms with Crippen LogP contribution in [0.3, 0.4) is 0 Å². The van der Waals surface area contributed by atoms with Gasteiger partial charge in [-0.25, -0.2) is 0 Å². The van der Waals surface area contributed by atoms with Gasteiger partial charge < -0.3 is 4.90 Å². The highest BCUT2D eigenvalue weighted by Crippen LogP contribution is 2.32. The molecule has 3 heteroatoms. The Hall–Kier alpha value is -2.42. The number of aliphatic imine (C=N–C) groups is 1. The van der Waals surface area contributed by atoms with E-state index >= 15 is 0 Å². The molecular formula is C27H38N2O. The molecule has 2 aromatic rings. The highest BCUT2D eigenvalue weighted by atomic mass is 16.2. The number of nitrogens with zero attached hydrogens (tertiary/aromatic N) is 2. The molecule has 2 aromatic carbocycles. The van der Waals surface area contributed by atoms with Crippen LogP contribution >= 0.6 is 0 Å². The summed E-state index contributed by atoms with van der Waals surface area (Å²) in [6.45, 7) is 6.15. The number of amides is 1. The number of carbonyl (C=O) groups excluding carboxylic acids is 1. The summed E-state index contributed by atoms with van der Waals surface area (Å²) in [7, 11) is 0. The first-order valence-electron chi connectivity index (χ1n) is 11.7. The second-order valence-corrected chi connectivity index (χ2v) is 8.86. The summed E-state index contributed by atoms with van der Waals surface area (Å²) in [5.41, 5.74) is 6.24. The number of fused-ring (bicyclic) bond motifs is 1. The molecule has 0 spiro atoms. The molecule has 0 radical (unpaired) electrons. The van der Waals surface area contributed by atoms with Crippen LogP contribution in [0.2, 0.25) is 0 Å². The van der Waals surface area contributed by atoms with Gasteiger partial charge in [0.2, 0.25) is 5.91 Å². The molecule has 0 unspecified atom stereocenters. The van der Waals surface area contributed by atoms with Crippen LogP contribution in [-0.2, 0) is 11.2 Å². The molecule has 30 heavy (non-hydrogen) atoms. The van der Waals surface area contributed by atoms with E-state index in [2.05, 4.69) is 67.3 Å². The van der Waals surface area contributed by atoms with Crippen LogP contribution in [0.5, 0.6) is 0 Å². The highest BCUT2D eigenvalue weighted by molar-refractivity contribution is 6.06. The molecule has 0 N–H and O–H groups in total. The van der Waals surface area contributed by atoms with E-state index in [1.807, 2.05) is 0 Å². The Balaban J connectivity index is 0.00000181. The van der Waals surface area contributed by atoms with Crippen LogP contribution in [0.1, 0.15) is 77.8 Å². The summed E-state index contributed by atoms with van der Waals surface area (Å²) >= 11 is 0. The van der Waals surface area contributed by atoms with Gasteiger partial charge in [0.25, 0.3) is 0 Å². The molecule has 2 heterocycles. The molecule has 3 nitrogen and oxygen atoms in total. The Morgan fingerprint density at radius 2 is 1.80 bits per heavy atom. The Kier molecular flexibility index (Phi) is 6.66. The number of piperidine rings is 1. The molecule has 0 atom stereocenters. The topological polar surface area (TPSA) is 32.7 Å². The van der Waals surface area contributed by atoms with Crippen LogP contribution in [0.15, 0.2) is 53.5 Å². The van der Waals surface area contributed by atoms with Crippen LogP contribution in [0, 0.1) is 5.92 Å². The lowest BCUT2D eigenvalue weighted by molar-refractivity contribution is -0.137. The molecule has 1 amide bonds. The van der Waals surface area contributed by atoms with Crippen LogP contribution in [0.25, 0.3) is 0 Å². The van der Waals surface area contributed by atoms with Crippen LogP contribution < -0.4 is 0 Å². The van der Waals surface area contributed by atoms with Gasteiger partial charge in [-0.2, -0.15) is 0 Å². The van der Waals surface area contributed by atoms with Gasteiger partial charge in [-0.15, -0.1) is 0 Å². The average Bonchev–Trinajstić information content (AvgIpc) is 3.23. The highest BCUT2D eigenvalue weighted by Gasteiger charge is 2.28. The summed E-state index contributed by atoms with van der Waals surface area (Å²) in [5, 5.41) is 0. The minimum atomic E-state index is 0. The number of carbonyl (C=O) groups is 1. The largest absolute Gasteiger partial charge is 0.342 e. The Morgan fingerprint density at radius 1 is 1.07 bits per heavy atom. The first kappa shape index (κ1) is 20.8. The molecule has 1 fully saturated rings. The summed E-state index contributed by atoms with van der Waals surface area (Å²) in [4.78, 5) is 20.0. The number of hydrogen-bond acceptors (Lipinski definition) is 2. The standard InChI is InChI=1S/C27H34N2O.2H2/c1-3-8-21(9-4-2)27(30)29-16-14-20(15-17-29)22-11-7-12-23(18-22)26-19-24-10-5-6-13-25(24)28-26;;/h5-7,10-13,18,20-21H,3-4,8-9,14-17,19H2,1-2H3;2*1H. The summed E-state index contributed by atoms with van der Waals surface area (Å²) in [6.07, 6.45) is 7.28. The van der Waals surface area contributed by atoms with Gasteiger partial charge in [-0.1, -0.05) is 63.1 Å². The maximum Gasteiger partial charge on any atom is 0.225 e. The molecule has 0 aromatic heterocycles. The lowest BCUT2D eigenvalue weighted by Crippen LogP contribution is -2.41. The molecular weight excluding hydrogens is 368 g/mol. The third-order valence-corrected chi connectivity index (χ3v) is 6.73. The molecule has 2 aliphatic rings. The van der Waals surface area contributed by atoms with E-state index in [1.54, 1.807) is 0 Å². The third kappa shape index (κ3) is 4.50. The SMILES string of the molecule is CCCC(CCC)C(=O)N1CCC(c2cccc(C3=Nc4ccccc4C3)c2)CC1.[HH].[HH]. The van der Waals surface area contributed by atoms with Crippen molar-refractivity contribution in [1.29, 1.82) is 0 Å². The minimum Gasteiger partial charge on any atom is -0.342 e. The van der Waals surface area contributed by atoms with E-state index < -0.39 is 0 Å². The number of hydrogen-bond donors (Lipinski definition) is 0. The molecule has 4 rings (SSSR count). The average molecular weight is 407 g/mol. The quantitative estimate of drug-likeness (QED) is 0.499. The predicted octanol–water partition coefficient (Wildman–Crippen LogP) is 6.78.